The monoisotopic (exact) mass is 364 g/mol. The Balaban J connectivity index is 1.41. The molecule has 5 nitrogen and oxygen atoms in total. The summed E-state index contributed by atoms with van der Waals surface area (Å²) in [5.41, 5.74) is 2.26. The van der Waals surface area contributed by atoms with E-state index < -0.39 is 0 Å². The molecule has 2 aliphatic heterocycles. The second-order valence-electron chi connectivity index (χ2n) is 7.95. The molecule has 1 amide bonds. The zero-order valence-electron chi connectivity index (χ0n) is 16.3. The van der Waals surface area contributed by atoms with Crippen LogP contribution in [-0.2, 0) is 6.42 Å². The quantitative estimate of drug-likeness (QED) is 0.840. The van der Waals surface area contributed by atoms with Crippen LogP contribution in [0.3, 0.4) is 0 Å². The molecule has 1 aromatic carbocycles. The zero-order valence-corrected chi connectivity index (χ0v) is 16.3. The maximum Gasteiger partial charge on any atom is 0.256 e. The fraction of sp³-hybridized carbons (Fsp3) is 0.500. The number of carbonyl (C=O) groups is 1. The Morgan fingerprint density at radius 3 is 2.44 bits per heavy atom. The molecule has 2 aromatic rings. The number of nitrogens with zero attached hydrogens (tertiary/aromatic N) is 4. The first-order chi connectivity index (χ1) is 13.1. The van der Waals surface area contributed by atoms with E-state index in [0.717, 1.165) is 44.7 Å². The van der Waals surface area contributed by atoms with Crippen LogP contribution in [0.1, 0.15) is 53.8 Å². The van der Waals surface area contributed by atoms with Crippen LogP contribution in [0.2, 0.25) is 0 Å². The van der Waals surface area contributed by atoms with Gasteiger partial charge in [-0.1, -0.05) is 37.3 Å². The largest absolute Gasteiger partial charge is 0.338 e. The lowest BCUT2D eigenvalue weighted by Gasteiger charge is -2.43. The van der Waals surface area contributed by atoms with E-state index >= 15 is 0 Å². The van der Waals surface area contributed by atoms with Crippen LogP contribution in [0.5, 0.6) is 0 Å². The highest BCUT2D eigenvalue weighted by atomic mass is 16.2. The first-order valence-electron chi connectivity index (χ1n) is 9.98. The highest BCUT2D eigenvalue weighted by Crippen LogP contribution is 2.44. The molecule has 0 bridgehead atoms. The topological polar surface area (TPSA) is 49.3 Å². The van der Waals surface area contributed by atoms with Crippen molar-refractivity contribution in [3.8, 4) is 0 Å². The summed E-state index contributed by atoms with van der Waals surface area (Å²) in [7, 11) is 2.25. The Bertz CT molecular complexity index is 782. The van der Waals surface area contributed by atoms with Crippen molar-refractivity contribution in [1.82, 2.24) is 19.8 Å². The van der Waals surface area contributed by atoms with Crippen LogP contribution in [0.25, 0.3) is 0 Å². The van der Waals surface area contributed by atoms with Crippen LogP contribution in [0.4, 0.5) is 0 Å². The van der Waals surface area contributed by atoms with Gasteiger partial charge in [0.25, 0.3) is 5.91 Å². The second kappa shape index (κ2) is 7.39. The van der Waals surface area contributed by atoms with Crippen molar-refractivity contribution >= 4 is 5.91 Å². The van der Waals surface area contributed by atoms with Crippen molar-refractivity contribution in [2.75, 3.05) is 26.7 Å². The molecule has 0 unspecified atom stereocenters. The first-order valence-corrected chi connectivity index (χ1v) is 9.98. The van der Waals surface area contributed by atoms with Gasteiger partial charge >= 0.3 is 0 Å². The maximum absolute atomic E-state index is 12.8. The van der Waals surface area contributed by atoms with Crippen molar-refractivity contribution < 1.29 is 4.79 Å². The van der Waals surface area contributed by atoms with Crippen molar-refractivity contribution in [3.63, 3.8) is 0 Å². The number of hydrogen-bond acceptors (Lipinski definition) is 4. The first kappa shape index (κ1) is 18.1. The third-order valence-corrected chi connectivity index (χ3v) is 6.45. The fourth-order valence-electron chi connectivity index (χ4n) is 4.69. The summed E-state index contributed by atoms with van der Waals surface area (Å²) in [6.45, 7) is 4.73. The predicted octanol–water partition coefficient (Wildman–Crippen LogP) is 3.13. The van der Waals surface area contributed by atoms with Crippen LogP contribution >= 0.6 is 0 Å². The fourth-order valence-corrected chi connectivity index (χ4v) is 4.69. The number of likely N-dealkylation sites (tertiary alicyclic amines) is 2. The Labute approximate surface area is 161 Å². The van der Waals surface area contributed by atoms with E-state index in [-0.39, 0.29) is 11.4 Å². The molecule has 1 spiro atoms. The van der Waals surface area contributed by atoms with E-state index in [2.05, 4.69) is 52.2 Å². The molecule has 1 aromatic heterocycles. The number of benzene rings is 1. The second-order valence-corrected chi connectivity index (χ2v) is 7.95. The molecule has 0 radical (unpaired) electrons. The molecule has 27 heavy (non-hydrogen) atoms. The van der Waals surface area contributed by atoms with Crippen molar-refractivity contribution in [3.05, 3.63) is 59.7 Å². The average molecular weight is 364 g/mol. The Morgan fingerprint density at radius 1 is 1.15 bits per heavy atom. The Hall–Kier alpha value is -2.27. The van der Waals surface area contributed by atoms with Gasteiger partial charge < -0.3 is 4.90 Å². The van der Waals surface area contributed by atoms with Crippen LogP contribution in [-0.4, -0.2) is 57.9 Å². The number of likely N-dealkylation sites (N-methyl/N-ethyl adjacent to an activating group) is 1. The molecular weight excluding hydrogens is 336 g/mol. The van der Waals surface area contributed by atoms with Crippen LogP contribution in [0, 0.1) is 0 Å². The molecule has 0 saturated carbocycles. The molecule has 2 aliphatic rings. The summed E-state index contributed by atoms with van der Waals surface area (Å²) >= 11 is 0. The summed E-state index contributed by atoms with van der Waals surface area (Å²) < 4.78 is 0. The van der Waals surface area contributed by atoms with Gasteiger partial charge in [-0.25, -0.2) is 9.97 Å². The molecule has 1 atom stereocenters. The summed E-state index contributed by atoms with van der Waals surface area (Å²) in [4.78, 5) is 25.9. The minimum Gasteiger partial charge on any atom is -0.338 e. The van der Waals surface area contributed by atoms with Crippen molar-refractivity contribution in [2.24, 2.45) is 0 Å². The van der Waals surface area contributed by atoms with Gasteiger partial charge in [-0.2, -0.15) is 0 Å². The molecule has 142 valence electrons. The Kier molecular flexibility index (Phi) is 4.96. The Morgan fingerprint density at radius 2 is 1.81 bits per heavy atom. The summed E-state index contributed by atoms with van der Waals surface area (Å²) in [5, 5.41) is 0. The van der Waals surface area contributed by atoms with Gasteiger partial charge in [-0.05, 0) is 37.8 Å². The molecule has 5 heteroatoms. The van der Waals surface area contributed by atoms with Crippen LogP contribution in [0.15, 0.2) is 42.7 Å². The molecule has 4 rings (SSSR count). The van der Waals surface area contributed by atoms with Gasteiger partial charge in [0.05, 0.1) is 5.56 Å². The van der Waals surface area contributed by atoms with Crippen LogP contribution < -0.4 is 0 Å². The van der Waals surface area contributed by atoms with E-state index in [0.29, 0.717) is 11.5 Å². The molecule has 3 heterocycles. The third-order valence-electron chi connectivity index (χ3n) is 6.45. The highest BCUT2D eigenvalue weighted by Gasteiger charge is 2.46. The molecule has 0 aliphatic carbocycles. The van der Waals surface area contributed by atoms with Gasteiger partial charge in [-0.3, -0.25) is 9.69 Å². The smallest absolute Gasteiger partial charge is 0.256 e. The number of aromatic nitrogens is 2. The lowest BCUT2D eigenvalue weighted by molar-refractivity contribution is 0.0491. The predicted molar refractivity (Wildman–Crippen MR) is 106 cm³/mol. The number of piperidine rings is 1. The van der Waals surface area contributed by atoms with E-state index in [1.54, 1.807) is 12.4 Å². The highest BCUT2D eigenvalue weighted by molar-refractivity contribution is 5.93. The maximum atomic E-state index is 12.8. The van der Waals surface area contributed by atoms with Gasteiger partial charge in [0.2, 0.25) is 0 Å². The number of aryl methyl sites for hydroxylation is 1. The number of rotatable bonds is 3. The van der Waals surface area contributed by atoms with E-state index in [4.69, 9.17) is 0 Å². The molecule has 0 N–H and O–H groups in total. The van der Waals surface area contributed by atoms with E-state index in [1.807, 2.05) is 11.8 Å². The summed E-state index contributed by atoms with van der Waals surface area (Å²) in [5.74, 6) is 1.44. The SMILES string of the molecule is CCc1ncc(C(=O)N2CCC3(CC2)C[C@@H](c2ccccc2)CN3C)cn1. The van der Waals surface area contributed by atoms with Gasteiger partial charge in [-0.15, -0.1) is 0 Å². The molecule has 2 saturated heterocycles. The minimum absolute atomic E-state index is 0.0627. The normalized spacial score (nSPS) is 22.3. The lowest BCUT2D eigenvalue weighted by Crippen LogP contribution is -2.52. The minimum atomic E-state index is 0.0627. The number of carbonyl (C=O) groups excluding carboxylic acids is 1. The standard InChI is InChI=1S/C22H28N4O/c1-3-20-23-14-19(15-24-20)21(27)26-11-9-22(10-12-26)13-18(16-25(22)2)17-7-5-4-6-8-17/h4-8,14-15,18H,3,9-13,16H2,1-2H3/t18-/m1/s1. The molecule has 2 fully saturated rings. The number of hydrogen-bond donors (Lipinski definition) is 0. The van der Waals surface area contributed by atoms with Gasteiger partial charge in [0, 0.05) is 44.0 Å². The van der Waals surface area contributed by atoms with E-state index in [9.17, 15) is 4.79 Å². The lowest BCUT2D eigenvalue weighted by atomic mass is 9.81. The summed E-state index contributed by atoms with van der Waals surface area (Å²) in [6.07, 6.45) is 7.38. The number of amides is 1. The van der Waals surface area contributed by atoms with Crippen molar-refractivity contribution in [2.45, 2.75) is 44.1 Å². The third kappa shape index (κ3) is 3.48. The van der Waals surface area contributed by atoms with E-state index in [1.165, 1.54) is 12.0 Å². The summed E-state index contributed by atoms with van der Waals surface area (Å²) in [6, 6.07) is 10.8. The van der Waals surface area contributed by atoms with Gasteiger partial charge in [0.15, 0.2) is 0 Å². The molecular formula is C22H28N4O. The van der Waals surface area contributed by atoms with Gasteiger partial charge in [0.1, 0.15) is 5.82 Å². The van der Waals surface area contributed by atoms with Crippen molar-refractivity contribution in [1.29, 1.82) is 0 Å². The average Bonchev–Trinajstić information content (AvgIpc) is 3.05. The zero-order chi connectivity index (χ0) is 18.9.